The third-order valence-electron chi connectivity index (χ3n) is 3.16. The summed E-state index contributed by atoms with van der Waals surface area (Å²) in [7, 11) is 0. The zero-order chi connectivity index (χ0) is 12.1. The van der Waals surface area contributed by atoms with Gasteiger partial charge in [0.25, 0.3) is 0 Å². The minimum Gasteiger partial charge on any atom is -0.378 e. The van der Waals surface area contributed by atoms with Crippen LogP contribution in [-0.4, -0.2) is 30.8 Å². The highest BCUT2D eigenvalue weighted by molar-refractivity contribution is 6.17. The standard InChI is InChI=1S/C13H19ClN2O/c1-2-17-12-5-8-16(9-6-12)13-11(10-14)4-3-7-15-13/h3-4,7,12H,2,5-6,8-10H2,1H3. The van der Waals surface area contributed by atoms with Gasteiger partial charge in [-0.05, 0) is 25.8 Å². The third-order valence-corrected chi connectivity index (χ3v) is 3.44. The molecule has 1 fully saturated rings. The highest BCUT2D eigenvalue weighted by Gasteiger charge is 2.21. The summed E-state index contributed by atoms with van der Waals surface area (Å²) in [5, 5.41) is 0. The lowest BCUT2D eigenvalue weighted by atomic mass is 10.1. The van der Waals surface area contributed by atoms with E-state index in [2.05, 4.69) is 16.8 Å². The highest BCUT2D eigenvalue weighted by Crippen LogP contribution is 2.23. The molecule has 1 aromatic heterocycles. The molecule has 0 N–H and O–H groups in total. The maximum absolute atomic E-state index is 5.94. The van der Waals surface area contributed by atoms with E-state index in [0.717, 1.165) is 43.9 Å². The summed E-state index contributed by atoms with van der Waals surface area (Å²) in [5.41, 5.74) is 1.11. The van der Waals surface area contributed by atoms with Crippen LogP contribution in [0.5, 0.6) is 0 Å². The zero-order valence-corrected chi connectivity index (χ0v) is 11.0. The van der Waals surface area contributed by atoms with Gasteiger partial charge in [0, 0.05) is 31.5 Å². The number of aromatic nitrogens is 1. The Morgan fingerprint density at radius 2 is 2.24 bits per heavy atom. The fourth-order valence-corrected chi connectivity index (χ4v) is 2.50. The van der Waals surface area contributed by atoms with Gasteiger partial charge in [-0.2, -0.15) is 0 Å². The molecule has 0 bridgehead atoms. The van der Waals surface area contributed by atoms with Crippen molar-refractivity contribution in [3.05, 3.63) is 23.9 Å². The molecule has 3 nitrogen and oxygen atoms in total. The molecule has 1 saturated heterocycles. The molecule has 0 aromatic carbocycles. The van der Waals surface area contributed by atoms with Crippen LogP contribution in [0.25, 0.3) is 0 Å². The average Bonchev–Trinajstić information content (AvgIpc) is 2.40. The molecule has 0 unspecified atom stereocenters. The monoisotopic (exact) mass is 254 g/mol. The van der Waals surface area contributed by atoms with Gasteiger partial charge in [0.05, 0.1) is 12.0 Å². The molecule has 2 heterocycles. The van der Waals surface area contributed by atoms with Gasteiger partial charge in [-0.15, -0.1) is 11.6 Å². The van der Waals surface area contributed by atoms with Crippen molar-refractivity contribution < 1.29 is 4.74 Å². The van der Waals surface area contributed by atoms with Crippen molar-refractivity contribution in [2.75, 3.05) is 24.6 Å². The van der Waals surface area contributed by atoms with E-state index in [0.29, 0.717) is 12.0 Å². The maximum atomic E-state index is 5.94. The van der Waals surface area contributed by atoms with Crippen LogP contribution in [0.1, 0.15) is 25.3 Å². The topological polar surface area (TPSA) is 25.4 Å². The molecule has 17 heavy (non-hydrogen) atoms. The number of hydrogen-bond acceptors (Lipinski definition) is 3. The summed E-state index contributed by atoms with van der Waals surface area (Å²) in [5.74, 6) is 1.56. The van der Waals surface area contributed by atoms with Crippen molar-refractivity contribution in [3.8, 4) is 0 Å². The van der Waals surface area contributed by atoms with E-state index in [-0.39, 0.29) is 0 Å². The number of nitrogens with zero attached hydrogens (tertiary/aromatic N) is 2. The predicted molar refractivity (Wildman–Crippen MR) is 70.7 cm³/mol. The molecule has 0 spiro atoms. The first-order valence-electron chi connectivity index (χ1n) is 6.21. The largest absolute Gasteiger partial charge is 0.378 e. The minimum atomic E-state index is 0.416. The van der Waals surface area contributed by atoms with Crippen LogP contribution < -0.4 is 4.90 Å². The number of piperidine rings is 1. The van der Waals surface area contributed by atoms with Crippen LogP contribution in [0.4, 0.5) is 5.82 Å². The Hall–Kier alpha value is -0.800. The van der Waals surface area contributed by atoms with Gasteiger partial charge in [-0.3, -0.25) is 0 Å². The molecule has 0 aliphatic carbocycles. The van der Waals surface area contributed by atoms with E-state index in [1.807, 2.05) is 18.3 Å². The third kappa shape index (κ3) is 3.11. The Kier molecular flexibility index (Phi) is 4.63. The lowest BCUT2D eigenvalue weighted by molar-refractivity contribution is 0.0458. The fraction of sp³-hybridized carbons (Fsp3) is 0.615. The first-order valence-corrected chi connectivity index (χ1v) is 6.75. The molecule has 0 radical (unpaired) electrons. The normalized spacial score (nSPS) is 17.4. The van der Waals surface area contributed by atoms with Gasteiger partial charge in [0.2, 0.25) is 0 Å². The van der Waals surface area contributed by atoms with Crippen LogP contribution in [0.2, 0.25) is 0 Å². The summed E-state index contributed by atoms with van der Waals surface area (Å²) in [6, 6.07) is 3.98. The smallest absolute Gasteiger partial charge is 0.132 e. The van der Waals surface area contributed by atoms with Crippen molar-refractivity contribution in [3.63, 3.8) is 0 Å². The Balaban J connectivity index is 2.00. The number of alkyl halides is 1. The van der Waals surface area contributed by atoms with E-state index in [1.165, 1.54) is 0 Å². The van der Waals surface area contributed by atoms with E-state index < -0.39 is 0 Å². The molecule has 0 amide bonds. The summed E-state index contributed by atoms with van der Waals surface area (Å²) < 4.78 is 5.65. The Morgan fingerprint density at radius 3 is 2.88 bits per heavy atom. The molecular formula is C13H19ClN2O. The molecule has 1 aliphatic rings. The first kappa shape index (κ1) is 12.7. The van der Waals surface area contributed by atoms with Crippen LogP contribution >= 0.6 is 11.6 Å². The average molecular weight is 255 g/mol. The Bertz CT molecular complexity index is 351. The van der Waals surface area contributed by atoms with Crippen LogP contribution in [0.3, 0.4) is 0 Å². The SMILES string of the molecule is CCOC1CCN(c2ncccc2CCl)CC1. The number of rotatable bonds is 4. The molecule has 4 heteroatoms. The van der Waals surface area contributed by atoms with Crippen LogP contribution in [-0.2, 0) is 10.6 Å². The number of hydrogen-bond donors (Lipinski definition) is 0. The lowest BCUT2D eigenvalue weighted by Crippen LogP contribution is -2.38. The number of halogens is 1. The Morgan fingerprint density at radius 1 is 1.47 bits per heavy atom. The van der Waals surface area contributed by atoms with Gasteiger partial charge in [0.15, 0.2) is 0 Å². The van der Waals surface area contributed by atoms with Crippen LogP contribution in [0, 0.1) is 0 Å². The number of anilines is 1. The summed E-state index contributed by atoms with van der Waals surface area (Å²) >= 11 is 5.94. The minimum absolute atomic E-state index is 0.416. The van der Waals surface area contributed by atoms with E-state index >= 15 is 0 Å². The molecule has 0 saturated carbocycles. The molecule has 94 valence electrons. The van der Waals surface area contributed by atoms with E-state index in [9.17, 15) is 0 Å². The van der Waals surface area contributed by atoms with Crippen molar-refractivity contribution >= 4 is 17.4 Å². The molecule has 0 atom stereocenters. The summed E-state index contributed by atoms with van der Waals surface area (Å²) in [4.78, 5) is 6.76. The molecular weight excluding hydrogens is 236 g/mol. The molecule has 2 rings (SSSR count). The summed E-state index contributed by atoms with van der Waals surface area (Å²) in [6.07, 6.45) is 4.40. The van der Waals surface area contributed by atoms with Gasteiger partial charge in [-0.1, -0.05) is 6.07 Å². The second-order valence-corrected chi connectivity index (χ2v) is 4.53. The maximum Gasteiger partial charge on any atom is 0.132 e. The first-order chi connectivity index (χ1) is 8.35. The predicted octanol–water partition coefficient (Wildman–Crippen LogP) is 2.83. The number of ether oxygens (including phenoxy) is 1. The van der Waals surface area contributed by atoms with Crippen molar-refractivity contribution in [2.45, 2.75) is 31.7 Å². The van der Waals surface area contributed by atoms with Gasteiger partial charge < -0.3 is 9.64 Å². The quantitative estimate of drug-likeness (QED) is 0.773. The van der Waals surface area contributed by atoms with Gasteiger partial charge in [-0.25, -0.2) is 4.98 Å². The van der Waals surface area contributed by atoms with Crippen molar-refractivity contribution in [1.82, 2.24) is 4.98 Å². The van der Waals surface area contributed by atoms with Crippen LogP contribution in [0.15, 0.2) is 18.3 Å². The van der Waals surface area contributed by atoms with E-state index in [4.69, 9.17) is 16.3 Å². The van der Waals surface area contributed by atoms with E-state index in [1.54, 1.807) is 0 Å². The van der Waals surface area contributed by atoms with Gasteiger partial charge in [0.1, 0.15) is 5.82 Å². The molecule has 1 aliphatic heterocycles. The lowest BCUT2D eigenvalue weighted by Gasteiger charge is -2.33. The second kappa shape index (κ2) is 6.22. The number of pyridine rings is 1. The van der Waals surface area contributed by atoms with Gasteiger partial charge >= 0.3 is 0 Å². The van der Waals surface area contributed by atoms with Crippen molar-refractivity contribution in [1.29, 1.82) is 0 Å². The second-order valence-electron chi connectivity index (χ2n) is 4.26. The van der Waals surface area contributed by atoms with Crippen molar-refractivity contribution in [2.24, 2.45) is 0 Å². The fourth-order valence-electron chi connectivity index (χ4n) is 2.29. The zero-order valence-electron chi connectivity index (χ0n) is 10.2. The Labute approximate surface area is 108 Å². The highest BCUT2D eigenvalue weighted by atomic mass is 35.5. The summed E-state index contributed by atoms with van der Waals surface area (Å²) in [6.45, 7) is 4.87. The molecule has 1 aromatic rings.